The summed E-state index contributed by atoms with van der Waals surface area (Å²) in [6.45, 7) is 5.08. The van der Waals surface area contributed by atoms with Gasteiger partial charge in [-0.25, -0.2) is 4.98 Å². The molecule has 3 rings (SSSR count). The Morgan fingerprint density at radius 2 is 2.23 bits per heavy atom. The van der Waals surface area contributed by atoms with Gasteiger partial charge in [-0.2, -0.15) is 0 Å². The monoisotopic (exact) mass is 316 g/mol. The van der Waals surface area contributed by atoms with Crippen LogP contribution in [0.4, 0.5) is 0 Å². The molecule has 1 aromatic heterocycles. The Morgan fingerprint density at radius 1 is 1.41 bits per heavy atom. The van der Waals surface area contributed by atoms with Crippen molar-refractivity contribution >= 4 is 17.1 Å². The van der Waals surface area contributed by atoms with Gasteiger partial charge in [-0.3, -0.25) is 9.69 Å². The average molecular weight is 316 g/mol. The van der Waals surface area contributed by atoms with Gasteiger partial charge in [-0.1, -0.05) is 30.3 Å². The maximum absolute atomic E-state index is 12.4. The molecule has 0 saturated carbocycles. The predicted molar refractivity (Wildman–Crippen MR) is 87.3 cm³/mol. The first-order valence-corrected chi connectivity index (χ1v) is 8.35. The van der Waals surface area contributed by atoms with E-state index in [0.29, 0.717) is 13.0 Å². The van der Waals surface area contributed by atoms with E-state index in [1.807, 2.05) is 43.5 Å². The number of rotatable bonds is 5. The quantitative estimate of drug-likeness (QED) is 0.796. The molecule has 0 aliphatic carbocycles. The highest BCUT2D eigenvalue weighted by atomic mass is 32.1. The number of benzene rings is 1. The van der Waals surface area contributed by atoms with E-state index < -0.39 is 0 Å². The van der Waals surface area contributed by atoms with Crippen LogP contribution in [0, 0.1) is 6.92 Å². The lowest BCUT2D eigenvalue weighted by Crippen LogP contribution is -2.45. The summed E-state index contributed by atoms with van der Waals surface area (Å²) in [5.41, 5.74) is 0.779. The van der Waals surface area contributed by atoms with Gasteiger partial charge in [0.25, 0.3) is 0 Å². The Labute approximate surface area is 134 Å². The second kappa shape index (κ2) is 7.13. The number of aryl methyl sites for hydroxylation is 1. The van der Waals surface area contributed by atoms with Crippen molar-refractivity contribution in [3.8, 4) is 0 Å². The number of morpholine rings is 1. The van der Waals surface area contributed by atoms with Crippen LogP contribution in [0.15, 0.2) is 36.5 Å². The molecule has 1 fully saturated rings. The fourth-order valence-corrected chi connectivity index (χ4v) is 3.54. The topological polar surface area (TPSA) is 42.4 Å². The molecule has 2 heterocycles. The molecule has 2 aromatic rings. The molecule has 0 radical (unpaired) electrons. The molecular weight excluding hydrogens is 296 g/mol. The molecular formula is C17H20N2O2S. The average Bonchev–Trinajstić information content (AvgIpc) is 2.95. The normalized spacial score (nSPS) is 19.2. The van der Waals surface area contributed by atoms with Gasteiger partial charge in [-0.05, 0) is 6.92 Å². The summed E-state index contributed by atoms with van der Waals surface area (Å²) in [5, 5.41) is 1.08. The number of hydrogen-bond donors (Lipinski definition) is 0. The summed E-state index contributed by atoms with van der Waals surface area (Å²) in [5.74, 6) is 0.182. The fourth-order valence-electron chi connectivity index (χ4n) is 2.72. The van der Waals surface area contributed by atoms with Crippen LogP contribution in [0.2, 0.25) is 0 Å². The SMILES string of the molecule is Cc1ncc(CN2CCOC[C@@H]2CC(=O)c2ccccc2)s1. The molecule has 1 saturated heterocycles. The Kier molecular flexibility index (Phi) is 4.97. The van der Waals surface area contributed by atoms with Gasteiger partial charge in [0, 0.05) is 42.2 Å². The highest BCUT2D eigenvalue weighted by Gasteiger charge is 2.26. The maximum Gasteiger partial charge on any atom is 0.164 e. The summed E-state index contributed by atoms with van der Waals surface area (Å²) >= 11 is 1.72. The third-order valence-electron chi connectivity index (χ3n) is 3.89. The number of ketones is 1. The second-order valence-corrected chi connectivity index (χ2v) is 6.86. The molecule has 1 atom stereocenters. The van der Waals surface area contributed by atoms with Crippen molar-refractivity contribution in [3.63, 3.8) is 0 Å². The van der Waals surface area contributed by atoms with Crippen molar-refractivity contribution in [2.75, 3.05) is 19.8 Å². The minimum atomic E-state index is 0.142. The fraction of sp³-hybridized carbons (Fsp3) is 0.412. The van der Waals surface area contributed by atoms with Gasteiger partial charge in [0.1, 0.15) is 0 Å². The third kappa shape index (κ3) is 3.80. The van der Waals surface area contributed by atoms with Crippen molar-refractivity contribution in [2.45, 2.75) is 25.9 Å². The maximum atomic E-state index is 12.4. The Balaban J connectivity index is 1.66. The molecule has 0 unspecified atom stereocenters. The van der Waals surface area contributed by atoms with Crippen LogP contribution in [-0.4, -0.2) is 41.5 Å². The van der Waals surface area contributed by atoms with Crippen molar-refractivity contribution in [1.82, 2.24) is 9.88 Å². The molecule has 4 nitrogen and oxygen atoms in total. The lowest BCUT2D eigenvalue weighted by molar-refractivity contribution is -0.0121. The lowest BCUT2D eigenvalue weighted by Gasteiger charge is -2.34. The van der Waals surface area contributed by atoms with Gasteiger partial charge in [0.15, 0.2) is 5.78 Å². The van der Waals surface area contributed by atoms with Crippen LogP contribution in [0.5, 0.6) is 0 Å². The smallest absolute Gasteiger partial charge is 0.164 e. The number of carbonyl (C=O) groups is 1. The summed E-state index contributed by atoms with van der Waals surface area (Å²) in [4.78, 5) is 20.3. The van der Waals surface area contributed by atoms with Crippen molar-refractivity contribution < 1.29 is 9.53 Å². The zero-order chi connectivity index (χ0) is 15.4. The van der Waals surface area contributed by atoms with Crippen molar-refractivity contribution in [2.24, 2.45) is 0 Å². The summed E-state index contributed by atoms with van der Waals surface area (Å²) in [6.07, 6.45) is 2.44. The molecule has 22 heavy (non-hydrogen) atoms. The highest BCUT2D eigenvalue weighted by molar-refractivity contribution is 7.11. The van der Waals surface area contributed by atoms with Gasteiger partial charge >= 0.3 is 0 Å². The van der Waals surface area contributed by atoms with Gasteiger partial charge < -0.3 is 4.74 Å². The zero-order valence-corrected chi connectivity index (χ0v) is 13.5. The molecule has 1 aliphatic heterocycles. The van der Waals surface area contributed by atoms with E-state index >= 15 is 0 Å². The van der Waals surface area contributed by atoms with E-state index in [9.17, 15) is 4.79 Å². The third-order valence-corrected chi connectivity index (χ3v) is 4.79. The predicted octanol–water partition coefficient (Wildman–Crippen LogP) is 2.93. The number of nitrogens with zero attached hydrogens (tertiary/aromatic N) is 2. The molecule has 0 bridgehead atoms. The number of Topliss-reactive ketones (excluding diaryl/α,β-unsaturated/α-hetero) is 1. The van der Waals surface area contributed by atoms with E-state index in [4.69, 9.17) is 4.74 Å². The number of carbonyl (C=O) groups excluding carboxylic acids is 1. The van der Waals surface area contributed by atoms with Crippen LogP contribution in [0.25, 0.3) is 0 Å². The number of hydrogen-bond acceptors (Lipinski definition) is 5. The van der Waals surface area contributed by atoms with Crippen molar-refractivity contribution in [3.05, 3.63) is 52.0 Å². The van der Waals surface area contributed by atoms with Gasteiger partial charge in [0.05, 0.1) is 18.2 Å². The van der Waals surface area contributed by atoms with E-state index in [1.54, 1.807) is 11.3 Å². The van der Waals surface area contributed by atoms with Crippen LogP contribution >= 0.6 is 11.3 Å². The standard InChI is InChI=1S/C17H20N2O2S/c1-13-18-10-16(22-13)11-19-7-8-21-12-15(19)9-17(20)14-5-3-2-4-6-14/h2-6,10,15H,7-9,11-12H2,1H3/t15-/m0/s1. The molecule has 0 spiro atoms. The summed E-state index contributed by atoms with van der Waals surface area (Å²) in [6, 6.07) is 9.64. The summed E-state index contributed by atoms with van der Waals surface area (Å²) in [7, 11) is 0. The summed E-state index contributed by atoms with van der Waals surface area (Å²) < 4.78 is 5.59. The first kappa shape index (κ1) is 15.3. The number of thiazole rings is 1. The molecule has 5 heteroatoms. The van der Waals surface area contributed by atoms with E-state index in [-0.39, 0.29) is 11.8 Å². The minimum Gasteiger partial charge on any atom is -0.378 e. The number of ether oxygens (including phenoxy) is 1. The Morgan fingerprint density at radius 3 is 2.95 bits per heavy atom. The second-order valence-electron chi connectivity index (χ2n) is 5.54. The van der Waals surface area contributed by atoms with Crippen LogP contribution in [0.1, 0.15) is 26.7 Å². The van der Waals surface area contributed by atoms with Gasteiger partial charge in [0.2, 0.25) is 0 Å². The van der Waals surface area contributed by atoms with Crippen LogP contribution in [-0.2, 0) is 11.3 Å². The first-order valence-electron chi connectivity index (χ1n) is 7.54. The van der Waals surface area contributed by atoms with E-state index in [1.165, 1.54) is 4.88 Å². The minimum absolute atomic E-state index is 0.142. The largest absolute Gasteiger partial charge is 0.378 e. The highest BCUT2D eigenvalue weighted by Crippen LogP contribution is 2.20. The van der Waals surface area contributed by atoms with Crippen LogP contribution < -0.4 is 0 Å². The lowest BCUT2D eigenvalue weighted by atomic mass is 10.0. The molecule has 116 valence electrons. The number of aromatic nitrogens is 1. The van der Waals surface area contributed by atoms with Gasteiger partial charge in [-0.15, -0.1) is 11.3 Å². The zero-order valence-electron chi connectivity index (χ0n) is 12.7. The first-order chi connectivity index (χ1) is 10.7. The van der Waals surface area contributed by atoms with E-state index in [2.05, 4.69) is 9.88 Å². The molecule has 0 amide bonds. The van der Waals surface area contributed by atoms with Crippen molar-refractivity contribution in [1.29, 1.82) is 0 Å². The molecule has 1 aliphatic rings. The van der Waals surface area contributed by atoms with E-state index in [0.717, 1.165) is 30.3 Å². The Bertz CT molecular complexity index is 627. The van der Waals surface area contributed by atoms with Crippen LogP contribution in [0.3, 0.4) is 0 Å². The molecule has 1 aromatic carbocycles. The Hall–Kier alpha value is -1.56. The molecule has 0 N–H and O–H groups in total.